The number of piperidine rings is 1. The first kappa shape index (κ1) is 13.1. The van der Waals surface area contributed by atoms with Crippen molar-refractivity contribution in [2.75, 3.05) is 19.6 Å². The molecule has 1 aromatic heterocycles. The molecule has 1 aliphatic heterocycles. The van der Waals surface area contributed by atoms with Gasteiger partial charge in [-0.05, 0) is 45.2 Å². The smallest absolute Gasteiger partial charge is 0.272 e. The van der Waals surface area contributed by atoms with Gasteiger partial charge in [0.15, 0.2) is 0 Å². The molecule has 1 amide bonds. The molecule has 0 saturated carbocycles. The molecule has 0 unspecified atom stereocenters. The van der Waals surface area contributed by atoms with E-state index in [4.69, 9.17) is 5.73 Å². The molecule has 2 heterocycles. The van der Waals surface area contributed by atoms with Crippen LogP contribution in [0.15, 0.2) is 6.07 Å². The third kappa shape index (κ3) is 2.56. The van der Waals surface area contributed by atoms with E-state index >= 15 is 0 Å². The third-order valence-electron chi connectivity index (χ3n) is 3.66. The van der Waals surface area contributed by atoms with Gasteiger partial charge in [-0.2, -0.15) is 5.10 Å². The molecule has 2 rings (SSSR count). The Kier molecular flexibility index (Phi) is 4.01. The number of nitrogens with two attached hydrogens (primary N) is 1. The number of carbonyl (C=O) groups is 1. The highest BCUT2D eigenvalue weighted by molar-refractivity contribution is 5.92. The molecule has 0 aliphatic carbocycles. The van der Waals surface area contributed by atoms with E-state index in [2.05, 4.69) is 5.10 Å². The third-order valence-corrected chi connectivity index (χ3v) is 3.66. The minimum Gasteiger partial charge on any atom is -0.337 e. The van der Waals surface area contributed by atoms with Crippen molar-refractivity contribution in [2.45, 2.75) is 33.2 Å². The number of likely N-dealkylation sites (tertiary alicyclic amines) is 1. The van der Waals surface area contributed by atoms with Crippen molar-refractivity contribution in [3.63, 3.8) is 0 Å². The van der Waals surface area contributed by atoms with Gasteiger partial charge in [0, 0.05) is 19.6 Å². The zero-order chi connectivity index (χ0) is 13.1. The molecule has 1 aliphatic rings. The van der Waals surface area contributed by atoms with E-state index in [1.54, 1.807) is 4.68 Å². The summed E-state index contributed by atoms with van der Waals surface area (Å²) in [4.78, 5) is 14.3. The highest BCUT2D eigenvalue weighted by Crippen LogP contribution is 2.18. The maximum Gasteiger partial charge on any atom is 0.272 e. The van der Waals surface area contributed by atoms with Crippen LogP contribution in [-0.4, -0.2) is 40.2 Å². The topological polar surface area (TPSA) is 64.2 Å². The summed E-state index contributed by atoms with van der Waals surface area (Å²) in [7, 11) is 0. The fourth-order valence-corrected chi connectivity index (χ4v) is 2.49. The first-order valence-corrected chi connectivity index (χ1v) is 6.69. The molecule has 18 heavy (non-hydrogen) atoms. The van der Waals surface area contributed by atoms with E-state index in [9.17, 15) is 4.79 Å². The average molecular weight is 250 g/mol. The Labute approximate surface area is 108 Å². The van der Waals surface area contributed by atoms with Crippen LogP contribution >= 0.6 is 0 Å². The van der Waals surface area contributed by atoms with E-state index in [0.717, 1.165) is 44.7 Å². The largest absolute Gasteiger partial charge is 0.337 e. The van der Waals surface area contributed by atoms with Gasteiger partial charge in [0.25, 0.3) is 5.91 Å². The minimum atomic E-state index is 0.105. The van der Waals surface area contributed by atoms with Crippen LogP contribution in [-0.2, 0) is 6.54 Å². The summed E-state index contributed by atoms with van der Waals surface area (Å²) in [6.07, 6.45) is 2.03. The first-order valence-electron chi connectivity index (χ1n) is 6.69. The van der Waals surface area contributed by atoms with Crippen molar-refractivity contribution in [1.82, 2.24) is 14.7 Å². The molecular weight excluding hydrogens is 228 g/mol. The fourth-order valence-electron chi connectivity index (χ4n) is 2.49. The number of aromatic nitrogens is 2. The second-order valence-electron chi connectivity index (χ2n) is 4.96. The predicted molar refractivity (Wildman–Crippen MR) is 70.3 cm³/mol. The SMILES string of the molecule is CCn1nc(C)cc1C(=O)N1CCC(CN)CC1. The summed E-state index contributed by atoms with van der Waals surface area (Å²) in [5, 5.41) is 4.33. The van der Waals surface area contributed by atoms with Gasteiger partial charge in [-0.3, -0.25) is 9.48 Å². The lowest BCUT2D eigenvalue weighted by molar-refractivity contribution is 0.0681. The summed E-state index contributed by atoms with van der Waals surface area (Å²) >= 11 is 0. The Morgan fingerprint density at radius 1 is 1.50 bits per heavy atom. The first-order chi connectivity index (χ1) is 8.65. The molecule has 1 saturated heterocycles. The second kappa shape index (κ2) is 5.52. The van der Waals surface area contributed by atoms with Crippen LogP contribution in [0.5, 0.6) is 0 Å². The molecule has 0 spiro atoms. The Morgan fingerprint density at radius 3 is 2.72 bits per heavy atom. The highest BCUT2D eigenvalue weighted by Gasteiger charge is 2.25. The maximum absolute atomic E-state index is 12.4. The molecule has 5 heteroatoms. The zero-order valence-electron chi connectivity index (χ0n) is 11.2. The van der Waals surface area contributed by atoms with Crippen molar-refractivity contribution < 1.29 is 4.79 Å². The van der Waals surface area contributed by atoms with Gasteiger partial charge in [0.1, 0.15) is 5.69 Å². The summed E-state index contributed by atoms with van der Waals surface area (Å²) in [6.45, 7) is 7.01. The molecule has 1 fully saturated rings. The lowest BCUT2D eigenvalue weighted by Crippen LogP contribution is -2.40. The summed E-state index contributed by atoms with van der Waals surface area (Å²) in [5.41, 5.74) is 7.28. The van der Waals surface area contributed by atoms with Crippen LogP contribution in [0, 0.1) is 12.8 Å². The average Bonchev–Trinajstić information content (AvgIpc) is 2.79. The lowest BCUT2D eigenvalue weighted by atomic mass is 9.97. The Morgan fingerprint density at radius 2 is 2.17 bits per heavy atom. The van der Waals surface area contributed by atoms with E-state index in [1.807, 2.05) is 24.8 Å². The van der Waals surface area contributed by atoms with E-state index < -0.39 is 0 Å². The van der Waals surface area contributed by atoms with Crippen molar-refractivity contribution in [3.8, 4) is 0 Å². The van der Waals surface area contributed by atoms with Crippen LogP contribution in [0.3, 0.4) is 0 Å². The molecule has 0 atom stereocenters. The van der Waals surface area contributed by atoms with Gasteiger partial charge in [0.05, 0.1) is 5.69 Å². The van der Waals surface area contributed by atoms with Gasteiger partial charge in [0.2, 0.25) is 0 Å². The van der Waals surface area contributed by atoms with Crippen LogP contribution in [0.4, 0.5) is 0 Å². The van der Waals surface area contributed by atoms with Crippen LogP contribution in [0.25, 0.3) is 0 Å². The Balaban J connectivity index is 2.07. The predicted octanol–water partition coefficient (Wildman–Crippen LogP) is 1.02. The van der Waals surface area contributed by atoms with Crippen molar-refractivity contribution >= 4 is 5.91 Å². The van der Waals surface area contributed by atoms with Crippen LogP contribution in [0.2, 0.25) is 0 Å². The monoisotopic (exact) mass is 250 g/mol. The summed E-state index contributed by atoms with van der Waals surface area (Å²) < 4.78 is 1.78. The van der Waals surface area contributed by atoms with Gasteiger partial charge in [-0.15, -0.1) is 0 Å². The molecule has 2 N–H and O–H groups in total. The number of nitrogens with zero attached hydrogens (tertiary/aromatic N) is 3. The molecular formula is C13H22N4O. The Hall–Kier alpha value is -1.36. The number of hydrogen-bond acceptors (Lipinski definition) is 3. The van der Waals surface area contributed by atoms with Crippen LogP contribution in [0.1, 0.15) is 35.9 Å². The number of hydrogen-bond donors (Lipinski definition) is 1. The number of rotatable bonds is 3. The van der Waals surface area contributed by atoms with Crippen molar-refractivity contribution in [3.05, 3.63) is 17.5 Å². The van der Waals surface area contributed by atoms with Crippen LogP contribution < -0.4 is 5.73 Å². The zero-order valence-corrected chi connectivity index (χ0v) is 11.2. The number of amides is 1. The second-order valence-corrected chi connectivity index (χ2v) is 4.96. The normalized spacial score (nSPS) is 17.2. The molecule has 0 aromatic carbocycles. The molecule has 0 bridgehead atoms. The lowest BCUT2D eigenvalue weighted by Gasteiger charge is -2.31. The number of carbonyl (C=O) groups excluding carboxylic acids is 1. The summed E-state index contributed by atoms with van der Waals surface area (Å²) in [6, 6.07) is 1.88. The van der Waals surface area contributed by atoms with Crippen molar-refractivity contribution in [1.29, 1.82) is 0 Å². The van der Waals surface area contributed by atoms with E-state index in [0.29, 0.717) is 11.6 Å². The standard InChI is InChI=1S/C13H22N4O/c1-3-17-12(8-10(2)15-17)13(18)16-6-4-11(9-14)5-7-16/h8,11H,3-7,9,14H2,1-2H3. The molecule has 0 radical (unpaired) electrons. The van der Waals surface area contributed by atoms with E-state index in [1.165, 1.54) is 0 Å². The summed E-state index contributed by atoms with van der Waals surface area (Å²) in [5.74, 6) is 0.680. The molecule has 5 nitrogen and oxygen atoms in total. The van der Waals surface area contributed by atoms with Crippen molar-refractivity contribution in [2.24, 2.45) is 11.7 Å². The highest BCUT2D eigenvalue weighted by atomic mass is 16.2. The van der Waals surface area contributed by atoms with E-state index in [-0.39, 0.29) is 5.91 Å². The minimum absolute atomic E-state index is 0.105. The number of aryl methyl sites for hydroxylation is 2. The quantitative estimate of drug-likeness (QED) is 0.871. The van der Waals surface area contributed by atoms with Gasteiger partial charge >= 0.3 is 0 Å². The Bertz CT molecular complexity index is 419. The maximum atomic E-state index is 12.4. The van der Waals surface area contributed by atoms with Gasteiger partial charge in [-0.1, -0.05) is 0 Å². The fraction of sp³-hybridized carbons (Fsp3) is 0.692. The van der Waals surface area contributed by atoms with Gasteiger partial charge in [-0.25, -0.2) is 0 Å². The molecule has 1 aromatic rings. The van der Waals surface area contributed by atoms with Gasteiger partial charge < -0.3 is 10.6 Å². The molecule has 100 valence electrons.